The normalized spacial score (nSPS) is 11.4. The molecule has 0 fully saturated rings. The highest BCUT2D eigenvalue weighted by Crippen LogP contribution is 2.08. The van der Waals surface area contributed by atoms with Gasteiger partial charge in [-0.25, -0.2) is 0 Å². The number of oxime groups is 1. The Bertz CT molecular complexity index is 299. The van der Waals surface area contributed by atoms with Crippen LogP contribution < -0.4 is 5.90 Å². The van der Waals surface area contributed by atoms with Gasteiger partial charge in [-0.3, -0.25) is 0 Å². The van der Waals surface area contributed by atoms with E-state index in [1.165, 1.54) is 0 Å². The summed E-state index contributed by atoms with van der Waals surface area (Å²) < 4.78 is 1.16. The van der Waals surface area contributed by atoms with Crippen molar-refractivity contribution in [2.24, 2.45) is 11.1 Å². The maximum absolute atomic E-state index is 4.82. The van der Waals surface area contributed by atoms with E-state index in [9.17, 15) is 0 Å². The Labute approximate surface area is 84.7 Å². The van der Waals surface area contributed by atoms with Crippen molar-refractivity contribution in [3.63, 3.8) is 0 Å². The van der Waals surface area contributed by atoms with Crippen molar-refractivity contribution in [1.82, 2.24) is 0 Å². The van der Waals surface area contributed by atoms with Gasteiger partial charge >= 0.3 is 0 Å². The number of hydrogen-bond acceptors (Lipinski definition) is 3. The van der Waals surface area contributed by atoms with Crippen LogP contribution >= 0.6 is 22.6 Å². The first-order valence-corrected chi connectivity index (χ1v) is 4.48. The monoisotopic (exact) mass is 276 g/mol. The molecule has 1 aromatic rings. The Balaban J connectivity index is 2.95. The standard InChI is InChI=1S/C8H9IN2O/c1-6(11-12-10)7-3-2-4-8(9)5-7/h2-5H,10H2,1H3. The molecule has 64 valence electrons. The van der Waals surface area contributed by atoms with Crippen LogP contribution in [0.1, 0.15) is 12.5 Å². The van der Waals surface area contributed by atoms with E-state index >= 15 is 0 Å². The van der Waals surface area contributed by atoms with Crippen molar-refractivity contribution >= 4 is 28.3 Å². The molecule has 3 nitrogen and oxygen atoms in total. The molecule has 12 heavy (non-hydrogen) atoms. The van der Waals surface area contributed by atoms with Gasteiger partial charge in [-0.2, -0.15) is 0 Å². The second kappa shape index (κ2) is 4.42. The van der Waals surface area contributed by atoms with Gasteiger partial charge in [0.25, 0.3) is 0 Å². The zero-order chi connectivity index (χ0) is 8.97. The Morgan fingerprint density at radius 1 is 1.58 bits per heavy atom. The predicted octanol–water partition coefficient (Wildman–Crippen LogP) is 1.91. The fourth-order valence-electron chi connectivity index (χ4n) is 0.845. The molecular formula is C8H9IN2O. The molecular weight excluding hydrogens is 267 g/mol. The van der Waals surface area contributed by atoms with Gasteiger partial charge in [0.05, 0.1) is 5.71 Å². The van der Waals surface area contributed by atoms with Gasteiger partial charge in [0, 0.05) is 9.13 Å². The molecule has 0 amide bonds. The summed E-state index contributed by atoms with van der Waals surface area (Å²) in [5.41, 5.74) is 1.79. The summed E-state index contributed by atoms with van der Waals surface area (Å²) in [6, 6.07) is 7.95. The van der Waals surface area contributed by atoms with Gasteiger partial charge in [-0.1, -0.05) is 17.3 Å². The van der Waals surface area contributed by atoms with Crippen molar-refractivity contribution in [3.05, 3.63) is 33.4 Å². The van der Waals surface area contributed by atoms with E-state index < -0.39 is 0 Å². The van der Waals surface area contributed by atoms with Crippen LogP contribution in [-0.2, 0) is 4.94 Å². The SMILES string of the molecule is CC(=NON)c1cccc(I)c1. The lowest BCUT2D eigenvalue weighted by molar-refractivity contribution is 0.149. The maximum atomic E-state index is 4.82. The number of hydrogen-bond donors (Lipinski definition) is 1. The van der Waals surface area contributed by atoms with E-state index in [0.29, 0.717) is 0 Å². The third kappa shape index (κ3) is 2.46. The molecule has 0 saturated heterocycles. The van der Waals surface area contributed by atoms with E-state index in [-0.39, 0.29) is 0 Å². The molecule has 1 aromatic carbocycles. The predicted molar refractivity (Wildman–Crippen MR) is 56.6 cm³/mol. The van der Waals surface area contributed by atoms with Crippen molar-refractivity contribution < 1.29 is 4.94 Å². The van der Waals surface area contributed by atoms with Crippen LogP contribution in [0.3, 0.4) is 0 Å². The Kier molecular flexibility index (Phi) is 3.48. The molecule has 0 aliphatic heterocycles. The van der Waals surface area contributed by atoms with Gasteiger partial charge < -0.3 is 4.94 Å². The van der Waals surface area contributed by atoms with Crippen molar-refractivity contribution in [1.29, 1.82) is 0 Å². The minimum Gasteiger partial charge on any atom is -0.302 e. The van der Waals surface area contributed by atoms with Gasteiger partial charge in [0.1, 0.15) is 0 Å². The summed E-state index contributed by atoms with van der Waals surface area (Å²) in [6.07, 6.45) is 0. The molecule has 0 aromatic heterocycles. The average molecular weight is 276 g/mol. The second-order valence-corrected chi connectivity index (χ2v) is 3.54. The van der Waals surface area contributed by atoms with E-state index in [2.05, 4.69) is 32.7 Å². The Morgan fingerprint density at radius 3 is 2.92 bits per heavy atom. The number of rotatable bonds is 2. The van der Waals surface area contributed by atoms with Gasteiger partial charge in [-0.05, 0) is 41.6 Å². The Morgan fingerprint density at radius 2 is 2.33 bits per heavy atom. The third-order valence-electron chi connectivity index (χ3n) is 1.43. The van der Waals surface area contributed by atoms with Crippen LogP contribution in [0.5, 0.6) is 0 Å². The zero-order valence-electron chi connectivity index (χ0n) is 6.62. The first-order chi connectivity index (χ1) is 5.74. The smallest absolute Gasteiger partial charge is 0.0863 e. The highest BCUT2D eigenvalue weighted by molar-refractivity contribution is 14.1. The van der Waals surface area contributed by atoms with Gasteiger partial charge in [0.2, 0.25) is 0 Å². The largest absolute Gasteiger partial charge is 0.302 e. The van der Waals surface area contributed by atoms with E-state index in [0.717, 1.165) is 14.8 Å². The molecule has 0 radical (unpaired) electrons. The molecule has 0 aliphatic carbocycles. The third-order valence-corrected chi connectivity index (χ3v) is 2.10. The van der Waals surface area contributed by atoms with Gasteiger partial charge in [0.15, 0.2) is 0 Å². The summed E-state index contributed by atoms with van der Waals surface area (Å²) >= 11 is 2.24. The topological polar surface area (TPSA) is 47.6 Å². The van der Waals surface area contributed by atoms with E-state index in [4.69, 9.17) is 5.90 Å². The Hall–Kier alpha value is -0.620. The second-order valence-electron chi connectivity index (χ2n) is 2.29. The molecule has 0 heterocycles. The van der Waals surface area contributed by atoms with Crippen molar-refractivity contribution in [3.8, 4) is 0 Å². The molecule has 0 spiro atoms. The quantitative estimate of drug-likeness (QED) is 0.509. The summed E-state index contributed by atoms with van der Waals surface area (Å²) in [4.78, 5) is 4.18. The van der Waals surface area contributed by atoms with E-state index in [1.807, 2.05) is 31.2 Å². The lowest BCUT2D eigenvalue weighted by Crippen LogP contribution is -1.99. The molecule has 4 heteroatoms. The maximum Gasteiger partial charge on any atom is 0.0863 e. The highest BCUT2D eigenvalue weighted by Gasteiger charge is 1.97. The first kappa shape index (κ1) is 9.47. The van der Waals surface area contributed by atoms with Crippen LogP contribution in [0.15, 0.2) is 29.4 Å². The van der Waals surface area contributed by atoms with E-state index in [1.54, 1.807) is 0 Å². The molecule has 0 saturated carbocycles. The van der Waals surface area contributed by atoms with Crippen molar-refractivity contribution in [2.75, 3.05) is 0 Å². The summed E-state index contributed by atoms with van der Waals surface area (Å²) in [7, 11) is 0. The fraction of sp³-hybridized carbons (Fsp3) is 0.125. The van der Waals surface area contributed by atoms with Crippen LogP contribution in [0.25, 0.3) is 0 Å². The van der Waals surface area contributed by atoms with Gasteiger partial charge in [-0.15, -0.1) is 5.90 Å². The number of nitrogens with zero attached hydrogens (tertiary/aromatic N) is 1. The minimum atomic E-state index is 0.774. The average Bonchev–Trinajstić information content (AvgIpc) is 2.05. The first-order valence-electron chi connectivity index (χ1n) is 3.40. The minimum absolute atomic E-state index is 0.774. The summed E-state index contributed by atoms with van der Waals surface area (Å²) in [5.74, 6) is 4.82. The molecule has 1 rings (SSSR count). The van der Waals surface area contributed by atoms with Crippen LogP contribution in [0.2, 0.25) is 0 Å². The van der Waals surface area contributed by atoms with Crippen molar-refractivity contribution in [2.45, 2.75) is 6.92 Å². The molecule has 0 atom stereocenters. The lowest BCUT2D eigenvalue weighted by atomic mass is 10.1. The van der Waals surface area contributed by atoms with Crippen LogP contribution in [0.4, 0.5) is 0 Å². The van der Waals surface area contributed by atoms with Crippen LogP contribution in [-0.4, -0.2) is 5.71 Å². The number of halogens is 1. The zero-order valence-corrected chi connectivity index (χ0v) is 8.78. The molecule has 0 bridgehead atoms. The fourth-order valence-corrected chi connectivity index (χ4v) is 1.39. The number of nitrogens with two attached hydrogens (primary N) is 1. The molecule has 0 aliphatic rings. The highest BCUT2D eigenvalue weighted by atomic mass is 127. The summed E-state index contributed by atoms with van der Waals surface area (Å²) in [6.45, 7) is 1.85. The lowest BCUT2D eigenvalue weighted by Gasteiger charge is -1.98. The number of benzene rings is 1. The molecule has 0 unspecified atom stereocenters. The summed E-state index contributed by atoms with van der Waals surface area (Å²) in [5, 5.41) is 3.63. The molecule has 2 N–H and O–H groups in total. The van der Waals surface area contributed by atoms with Crippen LogP contribution in [0, 0.1) is 3.57 Å².